The van der Waals surface area contributed by atoms with Gasteiger partial charge in [-0.2, -0.15) is 0 Å². The molecular weight excluding hydrogens is 208 g/mol. The van der Waals surface area contributed by atoms with E-state index in [2.05, 4.69) is 20.8 Å². The molecule has 0 aromatic carbocycles. The van der Waals surface area contributed by atoms with Crippen molar-refractivity contribution in [2.45, 2.75) is 97.5 Å². The van der Waals surface area contributed by atoms with Gasteiger partial charge in [-0.15, -0.1) is 0 Å². The zero-order valence-electron chi connectivity index (χ0n) is 12.4. The predicted octanol–water partition coefficient (Wildman–Crippen LogP) is 5.31. The number of hydrogen-bond acceptors (Lipinski definition) is 1. The highest BCUT2D eigenvalue weighted by molar-refractivity contribution is 4.64. The van der Waals surface area contributed by atoms with Crippen LogP contribution >= 0.6 is 0 Å². The Morgan fingerprint density at radius 2 is 1.24 bits per heavy atom. The average molecular weight is 242 g/mol. The van der Waals surface area contributed by atoms with E-state index >= 15 is 0 Å². The Kier molecular flexibility index (Phi) is 12.4. The van der Waals surface area contributed by atoms with E-state index in [4.69, 9.17) is 0 Å². The monoisotopic (exact) mass is 242 g/mol. The molecule has 0 aromatic heterocycles. The number of unbranched alkanes of at least 4 members (excludes halogenated alkanes) is 7. The summed E-state index contributed by atoms with van der Waals surface area (Å²) in [5.74, 6) is 0.495. The van der Waals surface area contributed by atoms with E-state index in [1.807, 2.05) is 0 Å². The molecule has 0 aliphatic rings. The zero-order chi connectivity index (χ0) is 12.9. The topological polar surface area (TPSA) is 20.2 Å². The highest BCUT2D eigenvalue weighted by Gasteiger charge is 2.12. The molecule has 2 atom stereocenters. The Balaban J connectivity index is 3.21. The largest absolute Gasteiger partial charge is 0.393 e. The SMILES string of the molecule is CCCCCCCCCCC(C)C(O)CCC. The van der Waals surface area contributed by atoms with Gasteiger partial charge in [0.25, 0.3) is 0 Å². The normalized spacial score (nSPS) is 14.8. The third-order valence-electron chi connectivity index (χ3n) is 3.75. The minimum atomic E-state index is -0.0652. The fraction of sp³-hybridized carbons (Fsp3) is 1.00. The van der Waals surface area contributed by atoms with Crippen molar-refractivity contribution in [3.8, 4) is 0 Å². The lowest BCUT2D eigenvalue weighted by Crippen LogP contribution is -2.16. The second-order valence-corrected chi connectivity index (χ2v) is 5.60. The van der Waals surface area contributed by atoms with Gasteiger partial charge in [0.1, 0.15) is 0 Å². The van der Waals surface area contributed by atoms with Crippen molar-refractivity contribution in [3.05, 3.63) is 0 Å². The Labute approximate surface area is 109 Å². The minimum Gasteiger partial charge on any atom is -0.393 e. The lowest BCUT2D eigenvalue weighted by atomic mass is 9.94. The molecule has 0 radical (unpaired) electrons. The maximum Gasteiger partial charge on any atom is 0.0565 e. The van der Waals surface area contributed by atoms with Crippen LogP contribution in [0.5, 0.6) is 0 Å². The molecule has 0 saturated carbocycles. The van der Waals surface area contributed by atoms with E-state index in [-0.39, 0.29) is 6.10 Å². The summed E-state index contributed by atoms with van der Waals surface area (Å²) in [6.45, 7) is 6.61. The molecule has 0 bridgehead atoms. The molecule has 17 heavy (non-hydrogen) atoms. The number of hydrogen-bond donors (Lipinski definition) is 1. The van der Waals surface area contributed by atoms with Gasteiger partial charge in [0.05, 0.1) is 6.10 Å². The second kappa shape index (κ2) is 12.4. The molecule has 0 fully saturated rings. The molecule has 0 spiro atoms. The zero-order valence-corrected chi connectivity index (χ0v) is 12.4. The highest BCUT2D eigenvalue weighted by atomic mass is 16.3. The number of aliphatic hydroxyl groups is 1. The lowest BCUT2D eigenvalue weighted by molar-refractivity contribution is 0.101. The Bertz CT molecular complexity index is 144. The smallest absolute Gasteiger partial charge is 0.0565 e. The van der Waals surface area contributed by atoms with Gasteiger partial charge in [0.15, 0.2) is 0 Å². The minimum absolute atomic E-state index is 0.0652. The molecule has 0 rings (SSSR count). The second-order valence-electron chi connectivity index (χ2n) is 5.60. The van der Waals surface area contributed by atoms with Crippen molar-refractivity contribution < 1.29 is 5.11 Å². The van der Waals surface area contributed by atoms with Gasteiger partial charge >= 0.3 is 0 Å². The van der Waals surface area contributed by atoms with Crippen LogP contribution in [-0.4, -0.2) is 11.2 Å². The van der Waals surface area contributed by atoms with Crippen molar-refractivity contribution >= 4 is 0 Å². The molecule has 2 unspecified atom stereocenters. The van der Waals surface area contributed by atoms with E-state index in [9.17, 15) is 5.11 Å². The van der Waals surface area contributed by atoms with Gasteiger partial charge in [0, 0.05) is 0 Å². The summed E-state index contributed by atoms with van der Waals surface area (Å²) in [4.78, 5) is 0. The van der Waals surface area contributed by atoms with Gasteiger partial charge in [-0.05, 0) is 18.8 Å². The number of aliphatic hydroxyl groups excluding tert-OH is 1. The molecule has 0 heterocycles. The Morgan fingerprint density at radius 1 is 0.706 bits per heavy atom. The van der Waals surface area contributed by atoms with Crippen LogP contribution in [0.25, 0.3) is 0 Å². The molecular formula is C16H34O. The molecule has 0 saturated heterocycles. The first-order valence-electron chi connectivity index (χ1n) is 7.90. The first-order valence-corrected chi connectivity index (χ1v) is 7.90. The first-order chi connectivity index (χ1) is 8.22. The summed E-state index contributed by atoms with van der Waals surface area (Å²) < 4.78 is 0. The Morgan fingerprint density at radius 3 is 1.76 bits per heavy atom. The van der Waals surface area contributed by atoms with Crippen LogP contribution in [0.1, 0.15) is 91.4 Å². The average Bonchev–Trinajstić information content (AvgIpc) is 2.32. The fourth-order valence-corrected chi connectivity index (χ4v) is 2.37. The maximum absolute atomic E-state index is 9.82. The third kappa shape index (κ3) is 10.8. The van der Waals surface area contributed by atoms with Gasteiger partial charge < -0.3 is 5.11 Å². The van der Waals surface area contributed by atoms with Crippen LogP contribution in [0.2, 0.25) is 0 Å². The van der Waals surface area contributed by atoms with Crippen molar-refractivity contribution in [2.75, 3.05) is 0 Å². The lowest BCUT2D eigenvalue weighted by Gasteiger charge is -2.17. The molecule has 0 aliphatic carbocycles. The molecule has 1 N–H and O–H groups in total. The van der Waals surface area contributed by atoms with Gasteiger partial charge in [-0.1, -0.05) is 78.6 Å². The summed E-state index contributed by atoms with van der Waals surface area (Å²) in [6, 6.07) is 0. The van der Waals surface area contributed by atoms with E-state index < -0.39 is 0 Å². The summed E-state index contributed by atoms with van der Waals surface area (Å²) in [5, 5.41) is 9.82. The van der Waals surface area contributed by atoms with Crippen LogP contribution in [0.4, 0.5) is 0 Å². The quantitative estimate of drug-likeness (QED) is 0.460. The number of rotatable bonds is 12. The van der Waals surface area contributed by atoms with E-state index in [1.165, 1.54) is 57.8 Å². The van der Waals surface area contributed by atoms with E-state index in [0.717, 1.165) is 12.8 Å². The molecule has 1 heteroatoms. The van der Waals surface area contributed by atoms with Gasteiger partial charge in [-0.25, -0.2) is 0 Å². The van der Waals surface area contributed by atoms with Crippen molar-refractivity contribution in [2.24, 2.45) is 5.92 Å². The molecule has 104 valence electrons. The van der Waals surface area contributed by atoms with Crippen LogP contribution in [0.3, 0.4) is 0 Å². The van der Waals surface area contributed by atoms with Crippen LogP contribution < -0.4 is 0 Å². The summed E-state index contributed by atoms with van der Waals surface area (Å²) >= 11 is 0. The van der Waals surface area contributed by atoms with Crippen molar-refractivity contribution in [1.29, 1.82) is 0 Å². The highest BCUT2D eigenvalue weighted by Crippen LogP contribution is 2.17. The van der Waals surface area contributed by atoms with Crippen LogP contribution in [0.15, 0.2) is 0 Å². The summed E-state index contributed by atoms with van der Waals surface area (Å²) in [6.07, 6.45) is 14.2. The predicted molar refractivity (Wildman–Crippen MR) is 77.3 cm³/mol. The van der Waals surface area contributed by atoms with Crippen LogP contribution in [0, 0.1) is 5.92 Å². The summed E-state index contributed by atoms with van der Waals surface area (Å²) in [7, 11) is 0. The first kappa shape index (κ1) is 17.0. The van der Waals surface area contributed by atoms with Crippen molar-refractivity contribution in [1.82, 2.24) is 0 Å². The van der Waals surface area contributed by atoms with Gasteiger partial charge in [-0.3, -0.25) is 0 Å². The molecule has 1 nitrogen and oxygen atoms in total. The molecule has 0 aromatic rings. The summed E-state index contributed by atoms with van der Waals surface area (Å²) in [5.41, 5.74) is 0. The van der Waals surface area contributed by atoms with E-state index in [0.29, 0.717) is 5.92 Å². The fourth-order valence-electron chi connectivity index (χ4n) is 2.37. The van der Waals surface area contributed by atoms with E-state index in [1.54, 1.807) is 0 Å². The molecule has 0 aliphatic heterocycles. The maximum atomic E-state index is 9.82. The van der Waals surface area contributed by atoms with Crippen LogP contribution in [-0.2, 0) is 0 Å². The third-order valence-corrected chi connectivity index (χ3v) is 3.75. The standard InChI is InChI=1S/C16H34O/c1-4-6-7-8-9-10-11-12-14-15(3)16(17)13-5-2/h15-17H,4-14H2,1-3H3. The van der Waals surface area contributed by atoms with Gasteiger partial charge in [0.2, 0.25) is 0 Å². The van der Waals surface area contributed by atoms with Crippen molar-refractivity contribution in [3.63, 3.8) is 0 Å². The molecule has 0 amide bonds. The Hall–Kier alpha value is -0.0400.